The van der Waals surface area contributed by atoms with Crippen molar-refractivity contribution < 1.29 is 13.9 Å². The van der Waals surface area contributed by atoms with Gasteiger partial charge in [-0.25, -0.2) is 4.79 Å². The fraction of sp³-hybridized carbons (Fsp3) is 0.0588. The van der Waals surface area contributed by atoms with Gasteiger partial charge in [0.1, 0.15) is 5.75 Å². The van der Waals surface area contributed by atoms with E-state index in [2.05, 4.69) is 10.3 Å². The molecule has 2 heterocycles. The zero-order valence-electron chi connectivity index (χ0n) is 11.7. The van der Waals surface area contributed by atoms with Crippen LogP contribution in [-0.4, -0.2) is 11.1 Å². The molecule has 0 unspecified atom stereocenters. The number of nitrogens with one attached hydrogen (secondary N) is 1. The van der Waals surface area contributed by atoms with E-state index in [1.165, 1.54) is 0 Å². The molecule has 0 aliphatic carbocycles. The summed E-state index contributed by atoms with van der Waals surface area (Å²) in [6.07, 6.45) is 4.46. The number of furan rings is 1. The predicted molar refractivity (Wildman–Crippen MR) is 81.2 cm³/mol. The van der Waals surface area contributed by atoms with E-state index in [0.717, 1.165) is 16.8 Å². The van der Waals surface area contributed by atoms with Crippen LogP contribution in [0.15, 0.2) is 71.7 Å². The average Bonchev–Trinajstić information content (AvgIpc) is 3.09. The fourth-order valence-corrected chi connectivity index (χ4v) is 1.92. The maximum absolute atomic E-state index is 11.7. The number of para-hydroxylation sites is 1. The summed E-state index contributed by atoms with van der Waals surface area (Å²) in [5, 5.41) is 2.68. The van der Waals surface area contributed by atoms with Crippen LogP contribution >= 0.6 is 0 Å². The lowest BCUT2D eigenvalue weighted by molar-refractivity contribution is 0.200. The van der Waals surface area contributed by atoms with E-state index < -0.39 is 6.09 Å². The van der Waals surface area contributed by atoms with Gasteiger partial charge in [-0.15, -0.1) is 0 Å². The molecule has 5 nitrogen and oxygen atoms in total. The highest BCUT2D eigenvalue weighted by Gasteiger charge is 2.05. The van der Waals surface area contributed by atoms with Gasteiger partial charge in [0.25, 0.3) is 0 Å². The number of hydrogen-bond acceptors (Lipinski definition) is 4. The number of benzene rings is 1. The van der Waals surface area contributed by atoms with Crippen LogP contribution in [0.5, 0.6) is 5.75 Å². The van der Waals surface area contributed by atoms with Gasteiger partial charge in [0.2, 0.25) is 0 Å². The number of rotatable bonds is 4. The maximum Gasteiger partial charge on any atom is 0.412 e. The Morgan fingerprint density at radius 3 is 2.68 bits per heavy atom. The van der Waals surface area contributed by atoms with E-state index in [1.54, 1.807) is 43.0 Å². The smallest absolute Gasteiger partial charge is 0.412 e. The summed E-state index contributed by atoms with van der Waals surface area (Å²) in [7, 11) is 0. The van der Waals surface area contributed by atoms with E-state index in [0.29, 0.717) is 12.3 Å². The van der Waals surface area contributed by atoms with E-state index >= 15 is 0 Å². The second-order valence-corrected chi connectivity index (χ2v) is 4.62. The molecule has 3 rings (SSSR count). The summed E-state index contributed by atoms with van der Waals surface area (Å²) in [5.41, 5.74) is 2.63. The summed E-state index contributed by atoms with van der Waals surface area (Å²) in [6, 6.07) is 14.5. The van der Waals surface area contributed by atoms with Gasteiger partial charge in [0.05, 0.1) is 18.2 Å². The highest BCUT2D eigenvalue weighted by atomic mass is 16.6. The molecule has 1 aromatic carbocycles. The number of carbonyl (C=O) groups excluding carboxylic acids is 1. The van der Waals surface area contributed by atoms with Gasteiger partial charge in [0.15, 0.2) is 0 Å². The van der Waals surface area contributed by atoms with Gasteiger partial charge in [0, 0.05) is 18.3 Å². The van der Waals surface area contributed by atoms with Gasteiger partial charge < -0.3 is 14.5 Å². The Hall–Kier alpha value is -3.08. The lowest BCUT2D eigenvalue weighted by atomic mass is 10.2. The van der Waals surface area contributed by atoms with Crippen molar-refractivity contribution in [2.45, 2.75) is 6.54 Å². The van der Waals surface area contributed by atoms with E-state index in [9.17, 15) is 4.79 Å². The molecule has 0 saturated carbocycles. The van der Waals surface area contributed by atoms with Gasteiger partial charge in [-0.05, 0) is 29.8 Å². The second kappa shape index (κ2) is 6.58. The first kappa shape index (κ1) is 13.9. The van der Waals surface area contributed by atoms with Gasteiger partial charge in [-0.1, -0.05) is 24.3 Å². The fourth-order valence-electron chi connectivity index (χ4n) is 1.92. The summed E-state index contributed by atoms with van der Waals surface area (Å²) in [4.78, 5) is 16.0. The van der Waals surface area contributed by atoms with Crippen molar-refractivity contribution in [1.29, 1.82) is 0 Å². The van der Waals surface area contributed by atoms with Crippen molar-refractivity contribution in [3.8, 4) is 17.0 Å². The molecule has 0 aliphatic rings. The van der Waals surface area contributed by atoms with Crippen molar-refractivity contribution in [3.63, 3.8) is 0 Å². The molecule has 22 heavy (non-hydrogen) atoms. The molecular formula is C17H14N2O3. The minimum atomic E-state index is -0.495. The molecule has 0 radical (unpaired) electrons. The number of pyridine rings is 1. The Morgan fingerprint density at radius 2 is 2.00 bits per heavy atom. The maximum atomic E-state index is 11.7. The molecule has 2 aromatic heterocycles. The van der Waals surface area contributed by atoms with Crippen molar-refractivity contribution in [3.05, 3.63) is 72.8 Å². The Balaban J connectivity index is 1.54. The number of amides is 1. The number of nitrogens with zero attached hydrogens (tertiary/aromatic N) is 1. The number of carbonyl (C=O) groups is 1. The van der Waals surface area contributed by atoms with Crippen LogP contribution in [0, 0.1) is 0 Å². The quantitative estimate of drug-likeness (QED) is 0.798. The van der Waals surface area contributed by atoms with E-state index in [-0.39, 0.29) is 0 Å². The molecule has 0 bridgehead atoms. The Labute approximate surface area is 127 Å². The van der Waals surface area contributed by atoms with Crippen molar-refractivity contribution >= 4 is 6.09 Å². The second-order valence-electron chi connectivity index (χ2n) is 4.62. The van der Waals surface area contributed by atoms with E-state index in [1.807, 2.05) is 24.3 Å². The molecule has 0 atom stereocenters. The SMILES string of the molecule is O=C(NCc1ccc(-c2ccoc2)nc1)Oc1ccccc1. The van der Waals surface area contributed by atoms with Crippen LogP contribution in [0.25, 0.3) is 11.3 Å². The average molecular weight is 294 g/mol. The molecule has 1 amide bonds. The Kier molecular flexibility index (Phi) is 4.15. The monoisotopic (exact) mass is 294 g/mol. The van der Waals surface area contributed by atoms with Crippen LogP contribution in [0.2, 0.25) is 0 Å². The zero-order chi connectivity index (χ0) is 15.2. The first-order valence-corrected chi connectivity index (χ1v) is 6.79. The predicted octanol–water partition coefficient (Wildman–Crippen LogP) is 3.63. The molecule has 3 aromatic rings. The summed E-state index contributed by atoms with van der Waals surface area (Å²) in [6.45, 7) is 0.352. The Morgan fingerprint density at radius 1 is 1.14 bits per heavy atom. The van der Waals surface area contributed by atoms with Crippen molar-refractivity contribution in [2.24, 2.45) is 0 Å². The Bertz CT molecular complexity index is 722. The summed E-state index contributed by atoms with van der Waals surface area (Å²) in [5.74, 6) is 0.508. The third-order valence-electron chi connectivity index (χ3n) is 3.03. The zero-order valence-corrected chi connectivity index (χ0v) is 11.7. The van der Waals surface area contributed by atoms with Crippen LogP contribution in [-0.2, 0) is 6.54 Å². The van der Waals surface area contributed by atoms with Crippen LogP contribution < -0.4 is 10.1 Å². The third kappa shape index (κ3) is 3.52. The van der Waals surface area contributed by atoms with Gasteiger partial charge in [-0.2, -0.15) is 0 Å². The summed E-state index contributed by atoms with van der Waals surface area (Å²) >= 11 is 0. The third-order valence-corrected chi connectivity index (χ3v) is 3.03. The molecule has 110 valence electrons. The number of ether oxygens (including phenoxy) is 1. The molecule has 0 fully saturated rings. The normalized spacial score (nSPS) is 10.2. The van der Waals surface area contributed by atoms with Crippen LogP contribution in [0.3, 0.4) is 0 Å². The minimum Gasteiger partial charge on any atom is -0.472 e. The summed E-state index contributed by atoms with van der Waals surface area (Å²) < 4.78 is 10.2. The highest BCUT2D eigenvalue weighted by molar-refractivity contribution is 5.70. The molecule has 5 heteroatoms. The van der Waals surface area contributed by atoms with Crippen molar-refractivity contribution in [1.82, 2.24) is 10.3 Å². The minimum absolute atomic E-state index is 0.352. The lowest BCUT2D eigenvalue weighted by Crippen LogP contribution is -2.26. The molecule has 0 aliphatic heterocycles. The standard InChI is InChI=1S/C17H14N2O3/c20-17(22-15-4-2-1-3-5-15)19-11-13-6-7-16(18-10-13)14-8-9-21-12-14/h1-10,12H,11H2,(H,19,20). The number of hydrogen-bond donors (Lipinski definition) is 1. The first-order valence-electron chi connectivity index (χ1n) is 6.79. The van der Waals surface area contributed by atoms with E-state index in [4.69, 9.17) is 9.15 Å². The molecule has 0 saturated heterocycles. The van der Waals surface area contributed by atoms with Crippen LogP contribution in [0.4, 0.5) is 4.79 Å². The van der Waals surface area contributed by atoms with Crippen LogP contribution in [0.1, 0.15) is 5.56 Å². The lowest BCUT2D eigenvalue weighted by Gasteiger charge is -2.06. The molecule has 1 N–H and O–H groups in total. The first-order chi connectivity index (χ1) is 10.8. The molecule has 0 spiro atoms. The van der Waals surface area contributed by atoms with Crippen molar-refractivity contribution in [2.75, 3.05) is 0 Å². The largest absolute Gasteiger partial charge is 0.472 e. The van der Waals surface area contributed by atoms with Gasteiger partial charge in [-0.3, -0.25) is 4.98 Å². The highest BCUT2D eigenvalue weighted by Crippen LogP contribution is 2.17. The molecular weight excluding hydrogens is 280 g/mol. The van der Waals surface area contributed by atoms with Gasteiger partial charge >= 0.3 is 6.09 Å². The topological polar surface area (TPSA) is 64.4 Å². The number of aromatic nitrogens is 1.